The highest BCUT2D eigenvalue weighted by Gasteiger charge is 2.40. The van der Waals surface area contributed by atoms with Crippen LogP contribution in [-0.2, 0) is 0 Å². The number of pyridine rings is 1. The van der Waals surface area contributed by atoms with Gasteiger partial charge in [-0.05, 0) is 68.3 Å². The van der Waals surface area contributed by atoms with E-state index < -0.39 is 23.7 Å². The number of nitrogens with one attached hydrogen (secondary N) is 1. The lowest BCUT2D eigenvalue weighted by molar-refractivity contribution is 0.000322. The van der Waals surface area contributed by atoms with Gasteiger partial charge in [0.05, 0.1) is 24.2 Å². The highest BCUT2D eigenvalue weighted by molar-refractivity contribution is 6.04. The van der Waals surface area contributed by atoms with Gasteiger partial charge in [0.2, 0.25) is 0 Å². The molecule has 3 fully saturated rings. The van der Waals surface area contributed by atoms with E-state index in [1.54, 1.807) is 0 Å². The molecule has 2 aromatic carbocycles. The summed E-state index contributed by atoms with van der Waals surface area (Å²) in [7, 11) is 1.99. The Kier molecular flexibility index (Phi) is 7.86. The highest BCUT2D eigenvalue weighted by Crippen LogP contribution is 2.41. The van der Waals surface area contributed by atoms with E-state index in [1.807, 2.05) is 14.0 Å². The van der Waals surface area contributed by atoms with Crippen LogP contribution in [0.4, 0.5) is 19.0 Å². The molecule has 4 atom stereocenters. The highest BCUT2D eigenvalue weighted by atomic mass is 19.1. The number of rotatable bonds is 6. The van der Waals surface area contributed by atoms with Gasteiger partial charge in [-0.25, -0.2) is 13.8 Å². The van der Waals surface area contributed by atoms with Crippen LogP contribution in [-0.4, -0.2) is 83.6 Å². The standard InChI is InChI=1S/C36H35F3N6O2/c1-5-25-27(38)10-7-20-13-24(46)14-26(29(20)25)32-31(39)33-30(28(6-2)41-32)34(45-16-22-8-9-23(17-45)40-22)43-35(42-33)47-19-36(3)18-44(4)12-11-21(36)15-37/h1-2,7,10,13-14,21-23,40,46H,8-9,11-12,15-19H2,3-4H3/t21-,22-,23+,36+/m1/s1. The number of alkyl halides is 1. The van der Waals surface area contributed by atoms with Crippen molar-refractivity contribution in [1.82, 2.24) is 25.2 Å². The van der Waals surface area contributed by atoms with Gasteiger partial charge in [-0.3, -0.25) is 4.39 Å². The van der Waals surface area contributed by atoms with Crippen molar-refractivity contribution in [3.05, 3.63) is 47.2 Å². The van der Waals surface area contributed by atoms with E-state index in [0.29, 0.717) is 37.3 Å². The summed E-state index contributed by atoms with van der Waals surface area (Å²) in [6, 6.07) is 5.73. The van der Waals surface area contributed by atoms with Crippen LogP contribution in [0.5, 0.6) is 11.8 Å². The molecule has 11 heteroatoms. The molecule has 0 unspecified atom stereocenters. The Bertz CT molecular complexity index is 1980. The van der Waals surface area contributed by atoms with Crippen LogP contribution >= 0.6 is 0 Å². The van der Waals surface area contributed by atoms with E-state index >= 15 is 4.39 Å². The first-order valence-electron chi connectivity index (χ1n) is 15.8. The van der Waals surface area contributed by atoms with Crippen molar-refractivity contribution in [2.45, 2.75) is 38.3 Å². The number of benzene rings is 2. The van der Waals surface area contributed by atoms with E-state index in [2.05, 4.69) is 36.9 Å². The average molecular weight is 641 g/mol. The molecule has 2 N–H and O–H groups in total. The molecule has 2 aromatic heterocycles. The van der Waals surface area contributed by atoms with Crippen molar-refractivity contribution < 1.29 is 23.0 Å². The molecule has 3 aliphatic rings. The third-order valence-electron chi connectivity index (χ3n) is 10.0. The van der Waals surface area contributed by atoms with Crippen LogP contribution in [0.2, 0.25) is 0 Å². The summed E-state index contributed by atoms with van der Waals surface area (Å²) in [5.41, 5.74) is -0.860. The zero-order chi connectivity index (χ0) is 33.0. The van der Waals surface area contributed by atoms with E-state index in [0.717, 1.165) is 19.4 Å². The number of aromatic nitrogens is 3. The van der Waals surface area contributed by atoms with Crippen molar-refractivity contribution in [2.24, 2.45) is 11.3 Å². The molecule has 7 rings (SSSR count). The van der Waals surface area contributed by atoms with Gasteiger partial charge < -0.3 is 25.0 Å². The van der Waals surface area contributed by atoms with Gasteiger partial charge in [-0.2, -0.15) is 9.97 Å². The maximum Gasteiger partial charge on any atom is 0.319 e. The SMILES string of the molecule is C#Cc1c(F)ccc2cc(O)cc(-c3nc(C#C)c4c(N5C[C@H]6CC[C@@H](C5)N6)nc(OC[C@]5(C)CN(C)CC[C@@H]5CF)nc4c3F)c12. The normalized spacial score (nSPS) is 24.4. The molecule has 8 nitrogen and oxygen atoms in total. The second kappa shape index (κ2) is 11.9. The average Bonchev–Trinajstić information content (AvgIpc) is 3.40. The summed E-state index contributed by atoms with van der Waals surface area (Å²) in [5, 5.41) is 15.0. The summed E-state index contributed by atoms with van der Waals surface area (Å²) in [6.07, 6.45) is 14.4. The number of halogens is 3. The predicted molar refractivity (Wildman–Crippen MR) is 175 cm³/mol. The lowest BCUT2D eigenvalue weighted by Gasteiger charge is -2.43. The number of hydrogen-bond donors (Lipinski definition) is 2. The minimum absolute atomic E-state index is 0.0646. The Balaban J connectivity index is 1.43. The molecule has 0 amide bonds. The summed E-state index contributed by atoms with van der Waals surface area (Å²) >= 11 is 0. The Morgan fingerprint density at radius 1 is 1.06 bits per heavy atom. The lowest BCUT2D eigenvalue weighted by Crippen LogP contribution is -2.51. The van der Waals surface area contributed by atoms with Crippen molar-refractivity contribution >= 4 is 27.5 Å². The molecule has 5 heterocycles. The van der Waals surface area contributed by atoms with Gasteiger partial charge in [0.25, 0.3) is 0 Å². The molecule has 242 valence electrons. The molecule has 3 saturated heterocycles. The fraction of sp³-hybridized carbons (Fsp3) is 0.417. The van der Waals surface area contributed by atoms with E-state index in [9.17, 15) is 13.9 Å². The number of hydrogen-bond acceptors (Lipinski definition) is 8. The quantitative estimate of drug-likeness (QED) is 0.284. The largest absolute Gasteiger partial charge is 0.508 e. The molecule has 2 bridgehead atoms. The summed E-state index contributed by atoms with van der Waals surface area (Å²) in [4.78, 5) is 18.1. The zero-order valence-electron chi connectivity index (χ0n) is 26.3. The van der Waals surface area contributed by atoms with Crippen LogP contribution in [0.1, 0.15) is 37.4 Å². The smallest absolute Gasteiger partial charge is 0.319 e. The lowest BCUT2D eigenvalue weighted by atomic mass is 9.73. The molecule has 0 aliphatic carbocycles. The Morgan fingerprint density at radius 3 is 2.53 bits per heavy atom. The van der Waals surface area contributed by atoms with Gasteiger partial charge in [0, 0.05) is 48.1 Å². The Labute approximate surface area is 271 Å². The van der Waals surface area contributed by atoms with E-state index in [4.69, 9.17) is 22.6 Å². The number of likely N-dealkylation sites (tertiary alicyclic amines) is 1. The van der Waals surface area contributed by atoms with Crippen LogP contribution in [0.25, 0.3) is 32.9 Å². The third kappa shape index (κ3) is 5.38. The Hall–Kier alpha value is -4.58. The third-order valence-corrected chi connectivity index (χ3v) is 10.0. The number of ether oxygens (including phenoxy) is 1. The summed E-state index contributed by atoms with van der Waals surface area (Å²) in [5.74, 6) is 3.41. The number of anilines is 1. The second-order valence-electron chi connectivity index (χ2n) is 13.3. The van der Waals surface area contributed by atoms with Gasteiger partial charge in [0.1, 0.15) is 34.3 Å². The number of phenols is 1. The van der Waals surface area contributed by atoms with Gasteiger partial charge in [-0.15, -0.1) is 12.8 Å². The topological polar surface area (TPSA) is 86.6 Å². The van der Waals surface area contributed by atoms with E-state index in [1.165, 1.54) is 24.3 Å². The van der Waals surface area contributed by atoms with Crippen molar-refractivity contribution in [3.8, 4) is 47.7 Å². The molecule has 4 aromatic rings. The molecule has 3 aliphatic heterocycles. The second-order valence-corrected chi connectivity index (χ2v) is 13.3. The Morgan fingerprint density at radius 2 is 1.83 bits per heavy atom. The minimum Gasteiger partial charge on any atom is -0.508 e. The van der Waals surface area contributed by atoms with Crippen molar-refractivity contribution in [2.75, 3.05) is 51.4 Å². The van der Waals surface area contributed by atoms with Crippen molar-refractivity contribution in [3.63, 3.8) is 0 Å². The molecular weight excluding hydrogens is 605 g/mol. The van der Waals surface area contributed by atoms with Crippen LogP contribution in [0.15, 0.2) is 24.3 Å². The van der Waals surface area contributed by atoms with Gasteiger partial charge in [0.15, 0.2) is 5.82 Å². The number of nitrogens with zero attached hydrogens (tertiary/aromatic N) is 5. The fourth-order valence-electron chi connectivity index (χ4n) is 7.64. The number of phenolic OH excluding ortho intramolecular Hbond substituents is 1. The maximum absolute atomic E-state index is 17.0. The first-order valence-corrected chi connectivity index (χ1v) is 15.8. The summed E-state index contributed by atoms with van der Waals surface area (Å²) in [6.45, 7) is 4.26. The predicted octanol–water partition coefficient (Wildman–Crippen LogP) is 5.04. The van der Waals surface area contributed by atoms with Gasteiger partial charge in [-0.1, -0.05) is 18.9 Å². The number of piperidine rings is 1. The number of piperazine rings is 1. The zero-order valence-corrected chi connectivity index (χ0v) is 26.3. The summed E-state index contributed by atoms with van der Waals surface area (Å²) < 4.78 is 52.3. The monoisotopic (exact) mass is 640 g/mol. The first kappa shape index (κ1) is 31.0. The van der Waals surface area contributed by atoms with Crippen LogP contribution in [0.3, 0.4) is 0 Å². The van der Waals surface area contributed by atoms with E-state index in [-0.39, 0.29) is 75.2 Å². The number of terminal acetylenes is 2. The fourth-order valence-corrected chi connectivity index (χ4v) is 7.64. The molecule has 0 radical (unpaired) electrons. The first-order chi connectivity index (χ1) is 22.6. The number of fused-ring (bicyclic) bond motifs is 4. The molecule has 47 heavy (non-hydrogen) atoms. The van der Waals surface area contributed by atoms with Crippen molar-refractivity contribution in [1.29, 1.82) is 0 Å². The minimum atomic E-state index is -0.852. The van der Waals surface area contributed by atoms with Crippen LogP contribution in [0, 0.1) is 47.7 Å². The number of aromatic hydroxyl groups is 1. The molecular formula is C36H35F3N6O2. The molecule has 0 saturated carbocycles. The molecule has 0 spiro atoms. The maximum atomic E-state index is 17.0. The van der Waals surface area contributed by atoms with Crippen LogP contribution < -0.4 is 15.0 Å². The van der Waals surface area contributed by atoms with Gasteiger partial charge >= 0.3 is 6.01 Å².